The van der Waals surface area contributed by atoms with Gasteiger partial charge in [0.2, 0.25) is 10.0 Å². The summed E-state index contributed by atoms with van der Waals surface area (Å²) in [6, 6.07) is 14.0. The molecule has 0 aromatic heterocycles. The number of carbonyl (C=O) groups is 1. The molecule has 2 aromatic rings. The van der Waals surface area contributed by atoms with Crippen molar-refractivity contribution in [1.29, 1.82) is 0 Å². The molecule has 0 saturated carbocycles. The minimum absolute atomic E-state index is 0.210. The number of urea groups is 1. The molecule has 8 heteroatoms. The van der Waals surface area contributed by atoms with Gasteiger partial charge in [-0.3, -0.25) is 4.72 Å². The molecule has 0 saturated heterocycles. The van der Waals surface area contributed by atoms with Gasteiger partial charge in [0, 0.05) is 18.1 Å². The number of carbonyl (C=O) groups excluding carboxylic acids is 1. The Kier molecular flexibility index (Phi) is 6.66. The predicted octanol–water partition coefficient (Wildman–Crippen LogP) is 2.75. The Hall–Kier alpha value is -2.25. The van der Waals surface area contributed by atoms with Gasteiger partial charge in [0.05, 0.1) is 11.9 Å². The molecular formula is C17H20ClN3O3S. The van der Waals surface area contributed by atoms with Crippen molar-refractivity contribution < 1.29 is 13.2 Å². The summed E-state index contributed by atoms with van der Waals surface area (Å²) in [5.41, 5.74) is 2.16. The highest BCUT2D eigenvalue weighted by molar-refractivity contribution is 7.92. The monoisotopic (exact) mass is 381 g/mol. The lowest BCUT2D eigenvalue weighted by Crippen LogP contribution is -2.36. The molecule has 3 N–H and O–H groups in total. The van der Waals surface area contributed by atoms with Crippen molar-refractivity contribution in [2.75, 3.05) is 17.5 Å². The van der Waals surface area contributed by atoms with Crippen LogP contribution < -0.4 is 15.4 Å². The number of para-hydroxylation sites is 1. The third-order valence-corrected chi connectivity index (χ3v) is 4.17. The van der Waals surface area contributed by atoms with Crippen LogP contribution in [-0.4, -0.2) is 27.2 Å². The number of benzene rings is 2. The van der Waals surface area contributed by atoms with Crippen LogP contribution >= 0.6 is 11.6 Å². The lowest BCUT2D eigenvalue weighted by molar-refractivity contribution is 0.240. The van der Waals surface area contributed by atoms with Crippen LogP contribution in [0, 0.1) is 0 Å². The normalized spacial score (nSPS) is 11.0. The zero-order valence-electron chi connectivity index (χ0n) is 13.8. The molecule has 0 fully saturated rings. The van der Waals surface area contributed by atoms with E-state index in [1.54, 1.807) is 30.3 Å². The summed E-state index contributed by atoms with van der Waals surface area (Å²) >= 11 is 5.92. The quantitative estimate of drug-likeness (QED) is 0.689. The molecule has 6 nitrogen and oxygen atoms in total. The largest absolute Gasteiger partial charge is 0.338 e. The molecule has 0 atom stereocenters. The summed E-state index contributed by atoms with van der Waals surface area (Å²) in [6.07, 6.45) is 1.75. The first kappa shape index (κ1) is 19.1. The van der Waals surface area contributed by atoms with Gasteiger partial charge >= 0.3 is 6.03 Å². The first-order chi connectivity index (χ1) is 11.8. The second-order valence-corrected chi connectivity index (χ2v) is 7.71. The SMILES string of the molecule is CS(=O)(=O)Nc1ccccc1CNC(=O)NCCc1cccc(Cl)c1. The summed E-state index contributed by atoms with van der Waals surface area (Å²) in [6.45, 7) is 0.678. The van der Waals surface area contributed by atoms with E-state index in [1.165, 1.54) is 0 Å². The number of nitrogens with one attached hydrogen (secondary N) is 3. The maximum atomic E-state index is 11.9. The molecule has 0 aliphatic rings. The third kappa shape index (κ3) is 7.03. The van der Waals surface area contributed by atoms with E-state index in [4.69, 9.17) is 11.6 Å². The van der Waals surface area contributed by atoms with Gasteiger partial charge in [0.15, 0.2) is 0 Å². The number of amides is 2. The average Bonchev–Trinajstić information content (AvgIpc) is 2.53. The van der Waals surface area contributed by atoms with E-state index in [0.717, 1.165) is 11.8 Å². The molecule has 0 unspecified atom stereocenters. The van der Waals surface area contributed by atoms with Gasteiger partial charge in [-0.1, -0.05) is 41.9 Å². The second-order valence-electron chi connectivity index (χ2n) is 5.52. The molecular weight excluding hydrogens is 362 g/mol. The Morgan fingerprint density at radius 1 is 1.08 bits per heavy atom. The van der Waals surface area contributed by atoms with Gasteiger partial charge in [0.25, 0.3) is 0 Å². The molecule has 2 amide bonds. The van der Waals surface area contributed by atoms with Gasteiger partial charge < -0.3 is 10.6 Å². The molecule has 0 aliphatic heterocycles. The zero-order valence-corrected chi connectivity index (χ0v) is 15.3. The second kappa shape index (κ2) is 8.73. The van der Waals surface area contributed by atoms with E-state index in [9.17, 15) is 13.2 Å². The minimum Gasteiger partial charge on any atom is -0.338 e. The van der Waals surface area contributed by atoms with Crippen molar-refractivity contribution in [1.82, 2.24) is 10.6 Å². The number of halogens is 1. The average molecular weight is 382 g/mol. The fourth-order valence-electron chi connectivity index (χ4n) is 2.22. The molecule has 2 aromatic carbocycles. The van der Waals surface area contributed by atoms with Crippen LogP contribution in [0.4, 0.5) is 10.5 Å². The van der Waals surface area contributed by atoms with Gasteiger partial charge in [-0.15, -0.1) is 0 Å². The number of rotatable bonds is 7. The summed E-state index contributed by atoms with van der Waals surface area (Å²) in [5, 5.41) is 6.13. The summed E-state index contributed by atoms with van der Waals surface area (Å²) in [5.74, 6) is 0. The first-order valence-electron chi connectivity index (χ1n) is 7.65. The highest BCUT2D eigenvalue weighted by atomic mass is 35.5. The molecule has 0 radical (unpaired) electrons. The van der Waals surface area contributed by atoms with Crippen molar-refractivity contribution in [3.63, 3.8) is 0 Å². The highest BCUT2D eigenvalue weighted by Crippen LogP contribution is 2.15. The molecule has 0 aliphatic carbocycles. The predicted molar refractivity (Wildman–Crippen MR) is 100 cm³/mol. The van der Waals surface area contributed by atoms with Crippen molar-refractivity contribution in [3.05, 3.63) is 64.7 Å². The van der Waals surface area contributed by atoms with E-state index < -0.39 is 10.0 Å². The van der Waals surface area contributed by atoms with Crippen molar-refractivity contribution in [2.24, 2.45) is 0 Å². The summed E-state index contributed by atoms with van der Waals surface area (Å²) in [4.78, 5) is 11.9. The van der Waals surface area contributed by atoms with Gasteiger partial charge in [-0.05, 0) is 35.7 Å². The topological polar surface area (TPSA) is 87.3 Å². The van der Waals surface area contributed by atoms with E-state index in [0.29, 0.717) is 29.2 Å². The molecule has 25 heavy (non-hydrogen) atoms. The Morgan fingerprint density at radius 3 is 2.56 bits per heavy atom. The van der Waals surface area contributed by atoms with Crippen molar-refractivity contribution >= 4 is 33.3 Å². The van der Waals surface area contributed by atoms with Crippen LogP contribution in [0.3, 0.4) is 0 Å². The highest BCUT2D eigenvalue weighted by Gasteiger charge is 2.08. The first-order valence-corrected chi connectivity index (χ1v) is 9.92. The third-order valence-electron chi connectivity index (χ3n) is 3.34. The number of hydrogen-bond acceptors (Lipinski definition) is 3. The smallest absolute Gasteiger partial charge is 0.315 e. The van der Waals surface area contributed by atoms with E-state index in [-0.39, 0.29) is 12.6 Å². The Balaban J connectivity index is 1.82. The summed E-state index contributed by atoms with van der Waals surface area (Å²) in [7, 11) is -3.38. The lowest BCUT2D eigenvalue weighted by Gasteiger charge is -2.12. The molecule has 2 rings (SSSR count). The Bertz CT molecular complexity index is 841. The van der Waals surface area contributed by atoms with Crippen molar-refractivity contribution in [2.45, 2.75) is 13.0 Å². The molecule has 0 bridgehead atoms. The Labute approximate surface area is 152 Å². The van der Waals surface area contributed by atoms with E-state index in [2.05, 4.69) is 15.4 Å². The molecule has 134 valence electrons. The van der Waals surface area contributed by atoms with Crippen LogP contribution in [0.5, 0.6) is 0 Å². The number of hydrogen-bond donors (Lipinski definition) is 3. The zero-order chi connectivity index (χ0) is 18.3. The van der Waals surface area contributed by atoms with Crippen LogP contribution in [-0.2, 0) is 23.0 Å². The number of anilines is 1. The van der Waals surface area contributed by atoms with Crippen LogP contribution in [0.25, 0.3) is 0 Å². The van der Waals surface area contributed by atoms with Gasteiger partial charge in [-0.2, -0.15) is 0 Å². The van der Waals surface area contributed by atoms with Crippen molar-refractivity contribution in [3.8, 4) is 0 Å². The molecule has 0 spiro atoms. The lowest BCUT2D eigenvalue weighted by atomic mass is 10.1. The fraction of sp³-hybridized carbons (Fsp3) is 0.235. The van der Waals surface area contributed by atoms with Gasteiger partial charge in [0.1, 0.15) is 0 Å². The van der Waals surface area contributed by atoms with E-state index in [1.807, 2.05) is 18.2 Å². The fourth-order valence-corrected chi connectivity index (χ4v) is 3.04. The van der Waals surface area contributed by atoms with Gasteiger partial charge in [-0.25, -0.2) is 13.2 Å². The van der Waals surface area contributed by atoms with E-state index >= 15 is 0 Å². The minimum atomic E-state index is -3.38. The van der Waals surface area contributed by atoms with Crippen LogP contribution in [0.1, 0.15) is 11.1 Å². The standard InChI is InChI=1S/C17H20ClN3O3S/c1-25(23,24)21-16-8-3-2-6-14(16)12-20-17(22)19-10-9-13-5-4-7-15(18)11-13/h2-8,11,21H,9-10,12H2,1H3,(H2,19,20,22). The number of sulfonamides is 1. The summed E-state index contributed by atoms with van der Waals surface area (Å²) < 4.78 is 25.2. The van der Waals surface area contributed by atoms with Crippen LogP contribution in [0.2, 0.25) is 5.02 Å². The maximum absolute atomic E-state index is 11.9. The molecule has 0 heterocycles. The van der Waals surface area contributed by atoms with Crippen LogP contribution in [0.15, 0.2) is 48.5 Å². The maximum Gasteiger partial charge on any atom is 0.315 e. The Morgan fingerprint density at radius 2 is 1.84 bits per heavy atom.